The molecule has 11 heteroatoms. The number of aromatic nitrogens is 2. The summed E-state index contributed by atoms with van der Waals surface area (Å²) in [6.07, 6.45) is 7.56. The first-order valence-electron chi connectivity index (χ1n) is 15.4. The van der Waals surface area contributed by atoms with Gasteiger partial charge in [-0.25, -0.2) is 4.98 Å². The average Bonchev–Trinajstić information content (AvgIpc) is 3.96. The monoisotopic (exact) mass is 630 g/mol. The maximum atomic E-state index is 13.5. The van der Waals surface area contributed by atoms with Gasteiger partial charge in [0.05, 0.1) is 29.6 Å². The van der Waals surface area contributed by atoms with E-state index in [1.807, 2.05) is 26.0 Å². The number of amides is 2. The summed E-state index contributed by atoms with van der Waals surface area (Å²) in [6.45, 7) is 6.28. The minimum atomic E-state index is -1.04. The fraction of sp³-hybridized carbons (Fsp3) is 0.441. The number of anilines is 1. The quantitative estimate of drug-likeness (QED) is 0.195. The summed E-state index contributed by atoms with van der Waals surface area (Å²) in [6, 6.07) is 7.44. The van der Waals surface area contributed by atoms with E-state index in [1.54, 1.807) is 31.5 Å². The van der Waals surface area contributed by atoms with Gasteiger partial charge in [-0.05, 0) is 68.7 Å². The van der Waals surface area contributed by atoms with Crippen LogP contribution in [0, 0.1) is 5.92 Å². The summed E-state index contributed by atoms with van der Waals surface area (Å²) in [5.41, 5.74) is 16.1. The Bertz CT molecular complexity index is 1700. The Morgan fingerprint density at radius 1 is 1.24 bits per heavy atom. The van der Waals surface area contributed by atoms with Gasteiger partial charge in [0.2, 0.25) is 5.91 Å². The number of fused-ring (bicyclic) bond motifs is 1. The number of halogens is 1. The number of carbonyl (C=O) groups excluding carboxylic acids is 2. The number of carbonyl (C=O) groups is 2. The van der Waals surface area contributed by atoms with Crippen LogP contribution in [0.1, 0.15) is 91.2 Å². The van der Waals surface area contributed by atoms with Crippen LogP contribution in [0.2, 0.25) is 5.02 Å². The summed E-state index contributed by atoms with van der Waals surface area (Å²) in [7, 11) is 1.53. The molecule has 0 bridgehead atoms. The van der Waals surface area contributed by atoms with Gasteiger partial charge in [0.1, 0.15) is 29.2 Å². The smallest absolute Gasteiger partial charge is 0.251 e. The molecule has 2 aliphatic carbocycles. The Morgan fingerprint density at radius 3 is 2.64 bits per heavy atom. The van der Waals surface area contributed by atoms with Gasteiger partial charge in [-0.2, -0.15) is 0 Å². The number of nitrogens with zero attached hydrogens (tertiary/aromatic N) is 3. The maximum absolute atomic E-state index is 13.5. The molecule has 1 aromatic carbocycles. The van der Waals surface area contributed by atoms with Crippen LogP contribution in [0.15, 0.2) is 35.5 Å². The van der Waals surface area contributed by atoms with E-state index in [1.165, 1.54) is 7.11 Å². The van der Waals surface area contributed by atoms with E-state index in [0.717, 1.165) is 37.1 Å². The highest BCUT2D eigenvalue weighted by Crippen LogP contribution is 2.49. The van der Waals surface area contributed by atoms with Crippen LogP contribution < -0.4 is 26.3 Å². The van der Waals surface area contributed by atoms with Crippen molar-refractivity contribution < 1.29 is 19.1 Å². The van der Waals surface area contributed by atoms with Crippen LogP contribution in [-0.2, 0) is 10.2 Å². The van der Waals surface area contributed by atoms with Crippen molar-refractivity contribution in [2.75, 3.05) is 26.0 Å². The van der Waals surface area contributed by atoms with Crippen LogP contribution in [0.3, 0.4) is 0 Å². The first-order valence-corrected chi connectivity index (χ1v) is 15.8. The zero-order valence-corrected chi connectivity index (χ0v) is 26.8. The van der Waals surface area contributed by atoms with E-state index < -0.39 is 11.3 Å². The second-order valence-corrected chi connectivity index (χ2v) is 13.2. The molecule has 3 aromatic rings. The predicted molar refractivity (Wildman–Crippen MR) is 174 cm³/mol. The molecule has 2 amide bonds. The summed E-state index contributed by atoms with van der Waals surface area (Å²) >= 11 is 6.91. The standard InChI is InChI=1S/C34H39ClN6O4/c1-17(2)29-27(35)22(9-10-38-29)30-31-24(34(3,16-45-31)33(37)43)13-25(41-30)23(18-5-6-18)15-40-32(42)19-11-20(14-39-21-7-8-21)28(36)26(12-19)44-4/h9-14,17-18,21,23H,5-8,15-16,36H2,1-4H3,(H2,37,43)(H,40,42)/t23-,34-/m0/s1. The Balaban J connectivity index is 1.36. The van der Waals surface area contributed by atoms with E-state index in [-0.39, 0.29) is 24.3 Å². The number of aliphatic imine (C=N–C) groups is 1. The van der Waals surface area contributed by atoms with Crippen LogP contribution >= 0.6 is 11.6 Å². The summed E-state index contributed by atoms with van der Waals surface area (Å²) in [5, 5.41) is 3.61. The summed E-state index contributed by atoms with van der Waals surface area (Å²) in [4.78, 5) is 40.4. The maximum Gasteiger partial charge on any atom is 0.251 e. The molecular formula is C34H39ClN6O4. The lowest BCUT2D eigenvalue weighted by Crippen LogP contribution is -2.40. The van der Waals surface area contributed by atoms with Crippen molar-refractivity contribution in [2.45, 2.75) is 69.7 Å². The van der Waals surface area contributed by atoms with Crippen molar-refractivity contribution in [1.29, 1.82) is 0 Å². The lowest BCUT2D eigenvalue weighted by atomic mass is 9.82. The molecular weight excluding hydrogens is 592 g/mol. The van der Waals surface area contributed by atoms with Gasteiger partial charge in [0, 0.05) is 52.8 Å². The van der Waals surface area contributed by atoms with E-state index in [9.17, 15) is 9.59 Å². The molecule has 2 fully saturated rings. The molecule has 0 radical (unpaired) electrons. The SMILES string of the molecule is COc1cc(C(=O)NC[C@H](c2cc3c(c(-c4ccnc(C(C)C)c4Cl)n2)OC[C@]3(C)C(N)=O)C2CC2)cc(C=NC2CC2)c1N. The molecule has 3 aliphatic rings. The third-order valence-corrected chi connectivity index (χ3v) is 9.43. The van der Waals surface area contributed by atoms with Crippen molar-refractivity contribution in [3.05, 3.63) is 63.6 Å². The highest BCUT2D eigenvalue weighted by molar-refractivity contribution is 6.34. The van der Waals surface area contributed by atoms with Crippen molar-refractivity contribution in [2.24, 2.45) is 16.6 Å². The average molecular weight is 631 g/mol. The number of hydrogen-bond acceptors (Lipinski definition) is 8. The fourth-order valence-electron chi connectivity index (χ4n) is 5.81. The third kappa shape index (κ3) is 5.95. The molecule has 236 valence electrons. The van der Waals surface area contributed by atoms with E-state index in [0.29, 0.717) is 68.7 Å². The van der Waals surface area contributed by atoms with Crippen molar-refractivity contribution in [3.63, 3.8) is 0 Å². The van der Waals surface area contributed by atoms with Gasteiger partial charge in [-0.15, -0.1) is 0 Å². The molecule has 0 saturated heterocycles. The van der Waals surface area contributed by atoms with Crippen molar-refractivity contribution >= 4 is 35.3 Å². The summed E-state index contributed by atoms with van der Waals surface area (Å²) < 4.78 is 11.6. The molecule has 10 nitrogen and oxygen atoms in total. The molecule has 0 spiro atoms. The van der Waals surface area contributed by atoms with Crippen molar-refractivity contribution in [3.8, 4) is 22.8 Å². The number of nitrogens with two attached hydrogens (primary N) is 2. The predicted octanol–water partition coefficient (Wildman–Crippen LogP) is 5.15. The van der Waals surface area contributed by atoms with E-state index >= 15 is 0 Å². The Labute approximate surface area is 268 Å². The second kappa shape index (κ2) is 12.0. The number of benzene rings is 1. The normalized spacial score (nSPS) is 19.8. The van der Waals surface area contributed by atoms with E-state index in [2.05, 4.69) is 15.3 Å². The highest BCUT2D eigenvalue weighted by atomic mass is 35.5. The molecule has 0 unspecified atom stereocenters. The van der Waals surface area contributed by atoms with Crippen LogP contribution in [0.4, 0.5) is 5.69 Å². The number of rotatable bonds is 11. The lowest BCUT2D eigenvalue weighted by Gasteiger charge is -2.23. The van der Waals surface area contributed by atoms with Gasteiger partial charge in [-0.1, -0.05) is 25.4 Å². The molecule has 2 aromatic heterocycles. The second-order valence-electron chi connectivity index (χ2n) is 12.8. The Morgan fingerprint density at radius 2 is 2.00 bits per heavy atom. The molecule has 5 N–H and O–H groups in total. The van der Waals surface area contributed by atoms with Crippen LogP contribution in [-0.4, -0.2) is 54.3 Å². The van der Waals surface area contributed by atoms with Crippen molar-refractivity contribution in [1.82, 2.24) is 15.3 Å². The van der Waals surface area contributed by atoms with E-state index in [4.69, 9.17) is 37.5 Å². The highest BCUT2D eigenvalue weighted by Gasteiger charge is 2.45. The van der Waals surface area contributed by atoms with Gasteiger partial charge >= 0.3 is 0 Å². The number of nitrogens with one attached hydrogen (secondary N) is 1. The topological polar surface area (TPSA) is 155 Å². The number of ether oxygens (including phenoxy) is 2. The number of primary amides is 1. The van der Waals surface area contributed by atoms with Gasteiger partial charge < -0.3 is 26.3 Å². The number of pyridine rings is 2. The van der Waals surface area contributed by atoms with Crippen LogP contribution in [0.5, 0.6) is 11.5 Å². The fourth-order valence-corrected chi connectivity index (χ4v) is 6.22. The first-order chi connectivity index (χ1) is 21.5. The third-order valence-electron chi connectivity index (χ3n) is 9.04. The van der Waals surface area contributed by atoms with Gasteiger partial charge in [-0.3, -0.25) is 19.6 Å². The number of methoxy groups -OCH3 is 1. The Hall–Kier alpha value is -4.18. The minimum Gasteiger partial charge on any atom is -0.495 e. The molecule has 1 aliphatic heterocycles. The zero-order chi connectivity index (χ0) is 32.0. The minimum absolute atomic E-state index is 0.0902. The molecule has 6 rings (SSSR count). The van der Waals surface area contributed by atoms with Gasteiger partial charge in [0.15, 0.2) is 0 Å². The van der Waals surface area contributed by atoms with Gasteiger partial charge in [0.25, 0.3) is 5.91 Å². The molecule has 45 heavy (non-hydrogen) atoms. The number of hydrogen-bond donors (Lipinski definition) is 3. The largest absolute Gasteiger partial charge is 0.495 e. The molecule has 2 saturated carbocycles. The lowest BCUT2D eigenvalue weighted by molar-refractivity contribution is -0.123. The zero-order valence-electron chi connectivity index (χ0n) is 26.0. The number of nitrogen functional groups attached to an aromatic ring is 1. The Kier molecular flexibility index (Phi) is 8.20. The van der Waals surface area contributed by atoms with Crippen LogP contribution in [0.25, 0.3) is 11.3 Å². The first kappa shape index (κ1) is 30.8. The molecule has 3 heterocycles. The molecule has 2 atom stereocenters. The summed E-state index contributed by atoms with van der Waals surface area (Å²) in [5.74, 6) is 0.459.